The maximum atomic E-state index is 5.93. The van der Waals surface area contributed by atoms with Crippen LogP contribution in [0.1, 0.15) is 12.0 Å². The standard InChI is InChI=1S/C14H18ClNS/c15-8-11-5-6-16(9-11)10-13-7-12-3-1-2-4-14(12)17-13/h1-4,11,13H,5-10H2. The van der Waals surface area contributed by atoms with E-state index in [4.69, 9.17) is 11.6 Å². The maximum Gasteiger partial charge on any atom is 0.0264 e. The number of hydrogen-bond donors (Lipinski definition) is 0. The molecule has 2 atom stereocenters. The molecule has 0 amide bonds. The van der Waals surface area contributed by atoms with Crippen LogP contribution in [0.2, 0.25) is 0 Å². The molecule has 0 saturated carbocycles. The van der Waals surface area contributed by atoms with Crippen LogP contribution < -0.4 is 0 Å². The van der Waals surface area contributed by atoms with Gasteiger partial charge in [-0.2, -0.15) is 0 Å². The van der Waals surface area contributed by atoms with Crippen LogP contribution in [0.25, 0.3) is 0 Å². The number of rotatable bonds is 3. The molecule has 0 radical (unpaired) electrons. The molecular formula is C14H18ClNS. The zero-order valence-corrected chi connectivity index (χ0v) is 11.5. The molecule has 0 bridgehead atoms. The van der Waals surface area contributed by atoms with Crippen LogP contribution in [0.15, 0.2) is 29.2 Å². The fraction of sp³-hybridized carbons (Fsp3) is 0.571. The fourth-order valence-electron chi connectivity index (χ4n) is 2.85. The molecule has 0 aliphatic carbocycles. The Balaban J connectivity index is 1.56. The molecule has 0 N–H and O–H groups in total. The Bertz CT molecular complexity index is 371. The molecule has 1 nitrogen and oxygen atoms in total. The minimum atomic E-state index is 0.727. The maximum absolute atomic E-state index is 5.93. The molecule has 2 heterocycles. The van der Waals surface area contributed by atoms with Gasteiger partial charge >= 0.3 is 0 Å². The largest absolute Gasteiger partial charge is 0.302 e. The summed E-state index contributed by atoms with van der Waals surface area (Å²) in [6.45, 7) is 3.68. The van der Waals surface area contributed by atoms with Crippen molar-refractivity contribution in [2.24, 2.45) is 5.92 Å². The number of thioether (sulfide) groups is 1. The van der Waals surface area contributed by atoms with Gasteiger partial charge in [-0.25, -0.2) is 0 Å². The van der Waals surface area contributed by atoms with Crippen molar-refractivity contribution in [3.8, 4) is 0 Å². The molecule has 3 heteroatoms. The highest BCUT2D eigenvalue weighted by atomic mass is 35.5. The van der Waals surface area contributed by atoms with Gasteiger partial charge in [0.2, 0.25) is 0 Å². The smallest absolute Gasteiger partial charge is 0.0264 e. The number of halogens is 1. The quantitative estimate of drug-likeness (QED) is 0.774. The van der Waals surface area contributed by atoms with Crippen LogP contribution in [0.5, 0.6) is 0 Å². The van der Waals surface area contributed by atoms with Crippen LogP contribution >= 0.6 is 23.4 Å². The van der Waals surface area contributed by atoms with E-state index in [0.717, 1.165) is 17.0 Å². The topological polar surface area (TPSA) is 3.24 Å². The highest BCUT2D eigenvalue weighted by molar-refractivity contribution is 8.00. The van der Waals surface area contributed by atoms with Gasteiger partial charge < -0.3 is 4.90 Å². The summed E-state index contributed by atoms with van der Waals surface area (Å²) in [6, 6.07) is 8.83. The lowest BCUT2D eigenvalue weighted by molar-refractivity contribution is 0.329. The van der Waals surface area contributed by atoms with Crippen LogP contribution in [-0.2, 0) is 6.42 Å². The van der Waals surface area contributed by atoms with E-state index < -0.39 is 0 Å². The molecule has 3 rings (SSSR count). The zero-order chi connectivity index (χ0) is 11.7. The lowest BCUT2D eigenvalue weighted by Gasteiger charge is -2.19. The van der Waals surface area contributed by atoms with Crippen molar-refractivity contribution in [1.29, 1.82) is 0 Å². The van der Waals surface area contributed by atoms with Gasteiger partial charge in [0.25, 0.3) is 0 Å². The summed E-state index contributed by atoms with van der Waals surface area (Å²) in [5, 5.41) is 0.751. The molecule has 1 aromatic carbocycles. The van der Waals surface area contributed by atoms with Crippen LogP contribution in [0, 0.1) is 5.92 Å². The second-order valence-electron chi connectivity index (χ2n) is 5.12. The van der Waals surface area contributed by atoms with E-state index >= 15 is 0 Å². The molecule has 0 aromatic heterocycles. The van der Waals surface area contributed by atoms with E-state index in [1.54, 1.807) is 0 Å². The highest BCUT2D eigenvalue weighted by Gasteiger charge is 2.27. The highest BCUT2D eigenvalue weighted by Crippen LogP contribution is 2.37. The predicted octanol–water partition coefficient (Wildman–Crippen LogP) is 3.26. The van der Waals surface area contributed by atoms with Gasteiger partial charge in [-0.3, -0.25) is 0 Å². The molecule has 92 valence electrons. The van der Waals surface area contributed by atoms with Crippen LogP contribution in [0.4, 0.5) is 0 Å². The SMILES string of the molecule is ClCC1CCN(CC2Cc3ccccc3S2)C1. The van der Waals surface area contributed by atoms with Gasteiger partial charge in [0.05, 0.1) is 0 Å². The number of hydrogen-bond acceptors (Lipinski definition) is 2. The molecule has 1 saturated heterocycles. The van der Waals surface area contributed by atoms with E-state index in [1.807, 2.05) is 0 Å². The number of alkyl halides is 1. The van der Waals surface area contributed by atoms with Crippen molar-refractivity contribution in [2.75, 3.05) is 25.5 Å². The van der Waals surface area contributed by atoms with Crippen LogP contribution in [0.3, 0.4) is 0 Å². The molecule has 2 aliphatic heterocycles. The van der Waals surface area contributed by atoms with E-state index in [9.17, 15) is 0 Å². The van der Waals surface area contributed by atoms with Gasteiger partial charge in [0.1, 0.15) is 0 Å². The van der Waals surface area contributed by atoms with E-state index in [0.29, 0.717) is 0 Å². The minimum Gasteiger partial charge on any atom is -0.302 e. The van der Waals surface area contributed by atoms with Crippen molar-refractivity contribution in [2.45, 2.75) is 23.0 Å². The summed E-state index contributed by atoms with van der Waals surface area (Å²) in [7, 11) is 0. The minimum absolute atomic E-state index is 0.727. The zero-order valence-electron chi connectivity index (χ0n) is 9.94. The summed E-state index contributed by atoms with van der Waals surface area (Å²) in [4.78, 5) is 4.09. The third-order valence-corrected chi connectivity index (χ3v) is 5.50. The number of benzene rings is 1. The molecule has 17 heavy (non-hydrogen) atoms. The summed E-state index contributed by atoms with van der Waals surface area (Å²) in [6.07, 6.45) is 2.52. The van der Waals surface area contributed by atoms with E-state index in [2.05, 4.69) is 40.9 Å². The lowest BCUT2D eigenvalue weighted by atomic mass is 10.1. The molecule has 2 aliphatic rings. The Hall–Kier alpha value is -0.180. The average molecular weight is 268 g/mol. The number of nitrogens with zero attached hydrogens (tertiary/aromatic N) is 1. The molecule has 1 aromatic rings. The summed E-state index contributed by atoms with van der Waals surface area (Å²) >= 11 is 7.99. The molecule has 1 fully saturated rings. The Kier molecular flexibility index (Phi) is 3.64. The van der Waals surface area contributed by atoms with Gasteiger partial charge in [0, 0.05) is 29.1 Å². The summed E-state index contributed by atoms with van der Waals surface area (Å²) in [5.74, 6) is 1.56. The van der Waals surface area contributed by atoms with E-state index in [1.165, 1.54) is 42.9 Å². The Morgan fingerprint density at radius 3 is 3.00 bits per heavy atom. The first kappa shape index (κ1) is 11.9. The van der Waals surface area contributed by atoms with Crippen molar-refractivity contribution < 1.29 is 0 Å². The van der Waals surface area contributed by atoms with Crippen molar-refractivity contribution in [1.82, 2.24) is 4.90 Å². The van der Waals surface area contributed by atoms with Gasteiger partial charge in [-0.15, -0.1) is 23.4 Å². The van der Waals surface area contributed by atoms with E-state index in [-0.39, 0.29) is 0 Å². The first-order chi connectivity index (χ1) is 8.35. The van der Waals surface area contributed by atoms with Crippen molar-refractivity contribution in [3.05, 3.63) is 29.8 Å². The number of likely N-dealkylation sites (tertiary alicyclic amines) is 1. The van der Waals surface area contributed by atoms with Crippen molar-refractivity contribution >= 4 is 23.4 Å². The Labute approximate surface area is 113 Å². The van der Waals surface area contributed by atoms with Gasteiger partial charge in [0.15, 0.2) is 0 Å². The van der Waals surface area contributed by atoms with Crippen LogP contribution in [-0.4, -0.2) is 35.7 Å². The lowest BCUT2D eigenvalue weighted by Crippen LogP contribution is -2.29. The molecular weight excluding hydrogens is 250 g/mol. The molecule has 0 spiro atoms. The average Bonchev–Trinajstić information content (AvgIpc) is 2.94. The van der Waals surface area contributed by atoms with Crippen molar-refractivity contribution in [3.63, 3.8) is 0 Å². The monoisotopic (exact) mass is 267 g/mol. The number of fused-ring (bicyclic) bond motifs is 1. The summed E-state index contributed by atoms with van der Waals surface area (Å²) in [5.41, 5.74) is 1.54. The second kappa shape index (κ2) is 5.21. The fourth-order valence-corrected chi connectivity index (χ4v) is 4.47. The normalized spacial score (nSPS) is 28.5. The first-order valence-electron chi connectivity index (χ1n) is 6.38. The molecule has 2 unspecified atom stereocenters. The Morgan fingerprint density at radius 2 is 2.24 bits per heavy atom. The first-order valence-corrected chi connectivity index (χ1v) is 7.79. The second-order valence-corrected chi connectivity index (χ2v) is 6.77. The third-order valence-electron chi connectivity index (χ3n) is 3.76. The third kappa shape index (κ3) is 2.64. The van der Waals surface area contributed by atoms with Gasteiger partial charge in [-0.1, -0.05) is 18.2 Å². The Morgan fingerprint density at radius 1 is 1.35 bits per heavy atom. The predicted molar refractivity (Wildman–Crippen MR) is 75.1 cm³/mol. The van der Waals surface area contributed by atoms with Gasteiger partial charge in [-0.05, 0) is 36.9 Å². The summed E-state index contributed by atoms with van der Waals surface area (Å²) < 4.78 is 0.